The molecule has 0 spiro atoms. The van der Waals surface area contributed by atoms with Crippen molar-refractivity contribution in [3.8, 4) is 11.5 Å². The number of hydrazine groups is 1. The molecule has 3 N–H and O–H groups in total. The van der Waals surface area contributed by atoms with E-state index in [-0.39, 0.29) is 12.5 Å². The highest BCUT2D eigenvalue weighted by atomic mass is 32.1. The minimum atomic E-state index is -0.422. The number of hydrogen-bond acceptors (Lipinski definition) is 7. The fraction of sp³-hybridized carbons (Fsp3) is 0.190. The van der Waals surface area contributed by atoms with E-state index >= 15 is 0 Å². The second-order valence-electron chi connectivity index (χ2n) is 6.26. The van der Waals surface area contributed by atoms with E-state index in [2.05, 4.69) is 21.2 Å². The van der Waals surface area contributed by atoms with Crippen molar-refractivity contribution in [2.24, 2.45) is 0 Å². The van der Waals surface area contributed by atoms with Crippen molar-refractivity contribution >= 4 is 28.8 Å². The van der Waals surface area contributed by atoms with Gasteiger partial charge in [0.25, 0.3) is 11.8 Å². The van der Waals surface area contributed by atoms with E-state index in [1.54, 1.807) is 67.0 Å². The smallest absolute Gasteiger partial charge is 0.269 e. The zero-order valence-electron chi connectivity index (χ0n) is 16.6. The predicted molar refractivity (Wildman–Crippen MR) is 115 cm³/mol. The molecule has 3 rings (SSSR count). The molecule has 0 aliphatic carbocycles. The van der Waals surface area contributed by atoms with Crippen molar-refractivity contribution in [1.82, 2.24) is 15.8 Å². The number of carbonyl (C=O) groups excluding carboxylic acids is 2. The summed E-state index contributed by atoms with van der Waals surface area (Å²) in [5.74, 6) is 0.559. The average molecular weight is 426 g/mol. The Morgan fingerprint density at radius 2 is 1.70 bits per heavy atom. The van der Waals surface area contributed by atoms with Crippen LogP contribution in [0.1, 0.15) is 21.1 Å². The highest BCUT2D eigenvalue weighted by molar-refractivity contribution is 7.09. The van der Waals surface area contributed by atoms with Gasteiger partial charge in [0.1, 0.15) is 18.1 Å². The number of nitrogens with zero attached hydrogens (tertiary/aromatic N) is 1. The minimum absolute atomic E-state index is 0.00940. The Morgan fingerprint density at radius 3 is 2.33 bits per heavy atom. The average Bonchev–Trinajstić information content (AvgIpc) is 3.20. The Labute approximate surface area is 178 Å². The molecule has 0 atom stereocenters. The second-order valence-corrected chi connectivity index (χ2v) is 7.32. The van der Waals surface area contributed by atoms with Gasteiger partial charge in [-0.1, -0.05) is 0 Å². The van der Waals surface area contributed by atoms with Gasteiger partial charge in [0.15, 0.2) is 0 Å². The number of ether oxygens (including phenoxy) is 2. The van der Waals surface area contributed by atoms with Gasteiger partial charge in [0.2, 0.25) is 0 Å². The number of aryl methyl sites for hydroxylation is 1. The molecule has 1 heterocycles. The molecule has 2 amide bonds. The highest BCUT2D eigenvalue weighted by Gasteiger charge is 2.08. The van der Waals surface area contributed by atoms with E-state index in [4.69, 9.17) is 9.47 Å². The molecular weight excluding hydrogens is 404 g/mol. The maximum absolute atomic E-state index is 12.2. The lowest BCUT2D eigenvalue weighted by Crippen LogP contribution is -2.44. The number of methoxy groups -OCH3 is 1. The standard InChI is InChI=1S/C21H22N4O4S/c1-14-23-17(13-30-14)12-29-19-7-3-15(4-8-19)21(27)25-24-20(26)11-22-16-5-9-18(28-2)10-6-16/h3-10,13,22H,11-12H2,1-2H3,(H,24,26)(H,25,27). The molecule has 0 saturated heterocycles. The summed E-state index contributed by atoms with van der Waals surface area (Å²) in [4.78, 5) is 28.4. The van der Waals surface area contributed by atoms with Crippen LogP contribution in [0.2, 0.25) is 0 Å². The quantitative estimate of drug-likeness (QED) is 0.479. The van der Waals surface area contributed by atoms with Crippen LogP contribution in [0.5, 0.6) is 11.5 Å². The van der Waals surface area contributed by atoms with Crippen LogP contribution in [0.4, 0.5) is 5.69 Å². The van der Waals surface area contributed by atoms with Gasteiger partial charge in [-0.15, -0.1) is 11.3 Å². The number of amides is 2. The van der Waals surface area contributed by atoms with E-state index < -0.39 is 5.91 Å². The number of anilines is 1. The fourth-order valence-electron chi connectivity index (χ4n) is 2.47. The van der Waals surface area contributed by atoms with Crippen LogP contribution in [0.25, 0.3) is 0 Å². The number of carbonyl (C=O) groups is 2. The molecule has 0 saturated carbocycles. The van der Waals surface area contributed by atoms with Gasteiger partial charge >= 0.3 is 0 Å². The molecule has 0 radical (unpaired) electrons. The second kappa shape index (κ2) is 10.3. The summed E-state index contributed by atoms with van der Waals surface area (Å²) in [5.41, 5.74) is 6.79. The van der Waals surface area contributed by atoms with Gasteiger partial charge in [-0.2, -0.15) is 0 Å². The predicted octanol–water partition coefficient (Wildman–Crippen LogP) is 2.91. The van der Waals surface area contributed by atoms with Crippen molar-refractivity contribution in [2.75, 3.05) is 19.0 Å². The van der Waals surface area contributed by atoms with E-state index in [1.807, 2.05) is 12.3 Å². The highest BCUT2D eigenvalue weighted by Crippen LogP contribution is 2.16. The number of rotatable bonds is 8. The van der Waals surface area contributed by atoms with Crippen LogP contribution in [-0.4, -0.2) is 30.5 Å². The molecule has 156 valence electrons. The third kappa shape index (κ3) is 6.21. The lowest BCUT2D eigenvalue weighted by molar-refractivity contribution is -0.120. The first-order valence-electron chi connectivity index (χ1n) is 9.14. The van der Waals surface area contributed by atoms with Crippen molar-refractivity contribution < 1.29 is 19.1 Å². The molecule has 0 bridgehead atoms. The molecule has 1 aromatic heterocycles. The van der Waals surface area contributed by atoms with E-state index in [0.29, 0.717) is 17.9 Å². The topological polar surface area (TPSA) is 102 Å². The summed E-state index contributed by atoms with van der Waals surface area (Å²) in [5, 5.41) is 5.89. The normalized spacial score (nSPS) is 10.2. The first-order chi connectivity index (χ1) is 14.5. The molecule has 9 heteroatoms. The monoisotopic (exact) mass is 426 g/mol. The van der Waals surface area contributed by atoms with Gasteiger partial charge in [-0.25, -0.2) is 4.98 Å². The number of benzene rings is 2. The van der Waals surface area contributed by atoms with E-state index in [0.717, 1.165) is 22.1 Å². The third-order valence-corrected chi connectivity index (χ3v) is 4.85. The molecule has 0 aliphatic heterocycles. The summed E-state index contributed by atoms with van der Waals surface area (Å²) >= 11 is 1.57. The maximum Gasteiger partial charge on any atom is 0.269 e. The Morgan fingerprint density at radius 1 is 1.00 bits per heavy atom. The Hall–Kier alpha value is -3.59. The summed E-state index contributed by atoms with van der Waals surface area (Å²) < 4.78 is 10.7. The summed E-state index contributed by atoms with van der Waals surface area (Å²) in [6, 6.07) is 13.8. The zero-order valence-corrected chi connectivity index (χ0v) is 17.4. The van der Waals surface area contributed by atoms with Crippen LogP contribution in [-0.2, 0) is 11.4 Å². The Bertz CT molecular complexity index is 987. The maximum atomic E-state index is 12.2. The molecule has 3 aromatic rings. The van der Waals surface area contributed by atoms with Crippen LogP contribution in [0.15, 0.2) is 53.9 Å². The molecule has 30 heavy (non-hydrogen) atoms. The van der Waals surface area contributed by atoms with Gasteiger partial charge in [-0.3, -0.25) is 20.4 Å². The minimum Gasteiger partial charge on any atom is -0.497 e. The first kappa shape index (κ1) is 21.1. The van der Waals surface area contributed by atoms with Gasteiger partial charge in [0, 0.05) is 16.6 Å². The Kier molecular flexibility index (Phi) is 7.23. The molecule has 2 aromatic carbocycles. The Balaban J connectivity index is 1.40. The van der Waals surface area contributed by atoms with Gasteiger partial charge in [-0.05, 0) is 55.5 Å². The summed E-state index contributed by atoms with van der Waals surface area (Å²) in [6.45, 7) is 2.32. The van der Waals surface area contributed by atoms with Crippen LogP contribution in [0, 0.1) is 6.92 Å². The van der Waals surface area contributed by atoms with E-state index in [9.17, 15) is 9.59 Å². The van der Waals surface area contributed by atoms with E-state index in [1.165, 1.54) is 0 Å². The SMILES string of the molecule is COc1ccc(NCC(=O)NNC(=O)c2ccc(OCc3csc(C)n3)cc2)cc1. The van der Waals surface area contributed by atoms with Crippen molar-refractivity contribution in [3.63, 3.8) is 0 Å². The largest absolute Gasteiger partial charge is 0.497 e. The number of aromatic nitrogens is 1. The van der Waals surface area contributed by atoms with Crippen molar-refractivity contribution in [1.29, 1.82) is 0 Å². The third-order valence-electron chi connectivity index (χ3n) is 4.03. The molecule has 0 unspecified atom stereocenters. The van der Waals surface area contributed by atoms with Gasteiger partial charge in [0.05, 0.1) is 24.4 Å². The molecule has 0 fully saturated rings. The number of thiazole rings is 1. The van der Waals surface area contributed by atoms with Crippen molar-refractivity contribution in [2.45, 2.75) is 13.5 Å². The number of hydrogen-bond donors (Lipinski definition) is 3. The first-order valence-corrected chi connectivity index (χ1v) is 10.0. The summed E-state index contributed by atoms with van der Waals surface area (Å²) in [6.07, 6.45) is 0. The van der Waals surface area contributed by atoms with Crippen LogP contribution in [0.3, 0.4) is 0 Å². The fourth-order valence-corrected chi connectivity index (χ4v) is 3.07. The summed E-state index contributed by atoms with van der Waals surface area (Å²) in [7, 11) is 1.59. The lowest BCUT2D eigenvalue weighted by Gasteiger charge is -2.10. The lowest BCUT2D eigenvalue weighted by atomic mass is 10.2. The molecule has 0 aliphatic rings. The number of nitrogens with one attached hydrogen (secondary N) is 3. The van der Waals surface area contributed by atoms with Crippen molar-refractivity contribution in [3.05, 3.63) is 70.2 Å². The molecule has 8 nitrogen and oxygen atoms in total. The van der Waals surface area contributed by atoms with Crippen LogP contribution >= 0.6 is 11.3 Å². The van der Waals surface area contributed by atoms with Crippen LogP contribution < -0.4 is 25.6 Å². The van der Waals surface area contributed by atoms with Gasteiger partial charge < -0.3 is 14.8 Å². The zero-order chi connectivity index (χ0) is 21.3. The molecular formula is C21H22N4O4S.